The van der Waals surface area contributed by atoms with Crippen LogP contribution in [-0.4, -0.2) is 43.4 Å². The van der Waals surface area contributed by atoms with E-state index in [1.54, 1.807) is 34.8 Å². The van der Waals surface area contributed by atoms with Crippen LogP contribution in [0.25, 0.3) is 16.7 Å². The molecule has 0 aliphatic heterocycles. The molecule has 1 amide bonds. The Balaban J connectivity index is 1.49. The highest BCUT2D eigenvalue weighted by molar-refractivity contribution is 7.99. The molecule has 0 aliphatic carbocycles. The van der Waals surface area contributed by atoms with E-state index < -0.39 is 0 Å². The standard InChI is InChI=1S/C21H17Cl2N5O2S/c1-27(11-13-7-14(22)9-15(23)8-13)18(29)12-31-21-25-19-17(20(30)26-21)10-24-28(19)16-5-3-2-4-6-16/h2-10H,11-12H2,1H3,(H,25,26,30). The lowest BCUT2D eigenvalue weighted by atomic mass is 10.2. The number of nitrogens with zero attached hydrogens (tertiary/aromatic N) is 4. The van der Waals surface area contributed by atoms with Gasteiger partial charge in [-0.25, -0.2) is 9.67 Å². The Hall–Kier alpha value is -2.81. The highest BCUT2D eigenvalue weighted by Crippen LogP contribution is 2.21. The number of carbonyl (C=O) groups excluding carboxylic acids is 1. The zero-order valence-corrected chi connectivity index (χ0v) is 18.7. The zero-order valence-electron chi connectivity index (χ0n) is 16.4. The molecule has 0 spiro atoms. The maximum absolute atomic E-state index is 12.6. The van der Waals surface area contributed by atoms with Gasteiger partial charge < -0.3 is 9.88 Å². The first kappa shape index (κ1) is 21.4. The van der Waals surface area contributed by atoms with Gasteiger partial charge in [0.15, 0.2) is 10.8 Å². The summed E-state index contributed by atoms with van der Waals surface area (Å²) in [4.78, 5) is 33.8. The van der Waals surface area contributed by atoms with Crippen molar-refractivity contribution in [3.8, 4) is 5.69 Å². The Kier molecular flexibility index (Phi) is 6.31. The van der Waals surface area contributed by atoms with Crippen LogP contribution in [0, 0.1) is 0 Å². The number of H-pyrrole nitrogens is 1. The third kappa shape index (κ3) is 4.92. The van der Waals surface area contributed by atoms with Gasteiger partial charge >= 0.3 is 0 Å². The van der Waals surface area contributed by atoms with Gasteiger partial charge in [0.2, 0.25) is 5.91 Å². The van der Waals surface area contributed by atoms with Crippen molar-refractivity contribution in [3.63, 3.8) is 0 Å². The quantitative estimate of drug-likeness (QED) is 0.335. The maximum Gasteiger partial charge on any atom is 0.262 e. The van der Waals surface area contributed by atoms with E-state index in [-0.39, 0.29) is 17.2 Å². The number of rotatable bonds is 6. The minimum atomic E-state index is -0.302. The highest BCUT2D eigenvalue weighted by Gasteiger charge is 2.15. The molecule has 2 heterocycles. The predicted molar refractivity (Wildman–Crippen MR) is 123 cm³/mol. The van der Waals surface area contributed by atoms with Crippen molar-refractivity contribution in [1.29, 1.82) is 0 Å². The van der Waals surface area contributed by atoms with Crippen LogP contribution < -0.4 is 5.56 Å². The third-order valence-electron chi connectivity index (χ3n) is 4.52. The van der Waals surface area contributed by atoms with Crippen LogP contribution in [0.15, 0.2) is 64.7 Å². The van der Waals surface area contributed by atoms with Crippen LogP contribution in [-0.2, 0) is 11.3 Å². The van der Waals surface area contributed by atoms with E-state index >= 15 is 0 Å². The molecule has 31 heavy (non-hydrogen) atoms. The first-order valence-corrected chi connectivity index (χ1v) is 11.0. The fourth-order valence-electron chi connectivity index (χ4n) is 3.03. The average Bonchev–Trinajstić information content (AvgIpc) is 3.16. The lowest BCUT2D eigenvalue weighted by molar-refractivity contribution is -0.127. The minimum Gasteiger partial charge on any atom is -0.341 e. The number of thioether (sulfide) groups is 1. The van der Waals surface area contributed by atoms with Gasteiger partial charge in [0.05, 0.1) is 17.6 Å². The Morgan fingerprint density at radius 1 is 1.16 bits per heavy atom. The first-order chi connectivity index (χ1) is 14.9. The topological polar surface area (TPSA) is 83.9 Å². The van der Waals surface area contributed by atoms with Crippen LogP contribution >= 0.6 is 35.0 Å². The number of para-hydroxylation sites is 1. The summed E-state index contributed by atoms with van der Waals surface area (Å²) in [6.45, 7) is 0.365. The molecule has 4 aromatic rings. The Morgan fingerprint density at radius 2 is 1.87 bits per heavy atom. The average molecular weight is 474 g/mol. The number of halogens is 2. The van der Waals surface area contributed by atoms with Crippen LogP contribution in [0.1, 0.15) is 5.56 Å². The van der Waals surface area contributed by atoms with E-state index in [1.165, 1.54) is 6.20 Å². The lowest BCUT2D eigenvalue weighted by Crippen LogP contribution is -2.28. The van der Waals surface area contributed by atoms with Gasteiger partial charge in [-0.05, 0) is 35.9 Å². The monoisotopic (exact) mass is 473 g/mol. The van der Waals surface area contributed by atoms with Gasteiger partial charge in [-0.15, -0.1) is 0 Å². The summed E-state index contributed by atoms with van der Waals surface area (Å²) in [5.74, 6) is -0.0148. The number of hydrogen-bond donors (Lipinski definition) is 1. The Morgan fingerprint density at radius 3 is 2.58 bits per heavy atom. The Bertz CT molecular complexity index is 1290. The molecule has 0 atom stereocenters. The first-order valence-electron chi connectivity index (χ1n) is 9.26. The number of carbonyl (C=O) groups is 1. The van der Waals surface area contributed by atoms with Crippen molar-refractivity contribution in [2.45, 2.75) is 11.7 Å². The van der Waals surface area contributed by atoms with Crippen molar-refractivity contribution in [2.24, 2.45) is 0 Å². The van der Waals surface area contributed by atoms with E-state index in [2.05, 4.69) is 15.1 Å². The second kappa shape index (κ2) is 9.13. The second-order valence-corrected chi connectivity index (χ2v) is 8.65. The van der Waals surface area contributed by atoms with Gasteiger partial charge in [0.1, 0.15) is 5.39 Å². The van der Waals surface area contributed by atoms with E-state index in [1.807, 2.05) is 30.3 Å². The molecule has 158 valence electrons. The van der Waals surface area contributed by atoms with Crippen LogP contribution in [0.2, 0.25) is 10.0 Å². The highest BCUT2D eigenvalue weighted by atomic mass is 35.5. The van der Waals surface area contributed by atoms with Crippen molar-refractivity contribution in [2.75, 3.05) is 12.8 Å². The largest absolute Gasteiger partial charge is 0.341 e. The molecule has 2 aromatic carbocycles. The molecule has 2 aromatic heterocycles. The normalized spacial score (nSPS) is 11.1. The molecule has 0 fully saturated rings. The van der Waals surface area contributed by atoms with Crippen LogP contribution in [0.4, 0.5) is 0 Å². The van der Waals surface area contributed by atoms with Crippen LogP contribution in [0.3, 0.4) is 0 Å². The summed E-state index contributed by atoms with van der Waals surface area (Å²) in [7, 11) is 1.70. The molecule has 10 heteroatoms. The maximum atomic E-state index is 12.6. The molecule has 7 nitrogen and oxygen atoms in total. The molecule has 0 aliphatic rings. The number of nitrogens with one attached hydrogen (secondary N) is 1. The minimum absolute atomic E-state index is 0.110. The summed E-state index contributed by atoms with van der Waals surface area (Å²) in [6.07, 6.45) is 1.48. The van der Waals surface area contributed by atoms with Gasteiger partial charge in [0, 0.05) is 23.6 Å². The van der Waals surface area contributed by atoms with E-state index in [9.17, 15) is 9.59 Å². The number of aromatic nitrogens is 4. The lowest BCUT2D eigenvalue weighted by Gasteiger charge is -2.17. The van der Waals surface area contributed by atoms with Crippen molar-refractivity contribution in [3.05, 3.63) is 80.7 Å². The molecule has 0 radical (unpaired) electrons. The molecule has 0 saturated heterocycles. The van der Waals surface area contributed by atoms with Crippen molar-refractivity contribution < 1.29 is 4.79 Å². The van der Waals surface area contributed by atoms with Gasteiger partial charge in [-0.2, -0.15) is 5.10 Å². The predicted octanol–water partition coefficient (Wildman–Crippen LogP) is 4.17. The molecular weight excluding hydrogens is 457 g/mol. The van der Waals surface area contributed by atoms with Gasteiger partial charge in [-0.1, -0.05) is 53.2 Å². The molecule has 1 N–H and O–H groups in total. The number of fused-ring (bicyclic) bond motifs is 1. The fourth-order valence-corrected chi connectivity index (χ4v) is 4.40. The fraction of sp³-hybridized carbons (Fsp3) is 0.143. The number of amides is 1. The van der Waals surface area contributed by atoms with E-state index in [0.29, 0.717) is 32.8 Å². The molecule has 0 unspecified atom stereocenters. The van der Waals surface area contributed by atoms with E-state index in [4.69, 9.17) is 23.2 Å². The molecule has 0 saturated carbocycles. The number of benzene rings is 2. The summed E-state index contributed by atoms with van der Waals surface area (Å²) < 4.78 is 1.60. The Labute approximate surface area is 192 Å². The second-order valence-electron chi connectivity index (χ2n) is 6.82. The molecule has 0 bridgehead atoms. The molecule has 4 rings (SSSR count). The SMILES string of the molecule is CN(Cc1cc(Cl)cc(Cl)c1)C(=O)CSc1nc2c(cnn2-c2ccccc2)c(=O)[nH]1. The number of aromatic amines is 1. The summed E-state index contributed by atoms with van der Waals surface area (Å²) >= 11 is 13.2. The van der Waals surface area contributed by atoms with Crippen molar-refractivity contribution in [1.82, 2.24) is 24.6 Å². The summed E-state index contributed by atoms with van der Waals surface area (Å²) in [6, 6.07) is 14.6. The number of hydrogen-bond acceptors (Lipinski definition) is 5. The smallest absolute Gasteiger partial charge is 0.262 e. The molecular formula is C21H17Cl2N5O2S. The zero-order chi connectivity index (χ0) is 22.0. The van der Waals surface area contributed by atoms with Gasteiger partial charge in [0.25, 0.3) is 5.56 Å². The van der Waals surface area contributed by atoms with Crippen molar-refractivity contribution >= 4 is 51.9 Å². The van der Waals surface area contributed by atoms with Crippen LogP contribution in [0.5, 0.6) is 0 Å². The third-order valence-corrected chi connectivity index (χ3v) is 5.81. The van der Waals surface area contributed by atoms with E-state index in [0.717, 1.165) is 23.0 Å². The summed E-state index contributed by atoms with van der Waals surface area (Å²) in [5, 5.41) is 6.05. The summed E-state index contributed by atoms with van der Waals surface area (Å²) in [5.41, 5.74) is 1.76. The van der Waals surface area contributed by atoms with Gasteiger partial charge in [-0.3, -0.25) is 9.59 Å².